The number of carbonyl (C=O) groups excluding carboxylic acids is 3. The third-order valence-electron chi connectivity index (χ3n) is 6.30. The monoisotopic (exact) mass is 517 g/mol. The van der Waals surface area contributed by atoms with Crippen LogP contribution in [-0.4, -0.2) is 36.1 Å². The van der Waals surface area contributed by atoms with Crippen LogP contribution in [0.5, 0.6) is 5.75 Å². The Morgan fingerprint density at radius 2 is 1.78 bits per heavy atom. The average Bonchev–Trinajstić information content (AvgIpc) is 3.35. The van der Waals surface area contributed by atoms with E-state index in [-0.39, 0.29) is 22.3 Å². The van der Waals surface area contributed by atoms with Crippen LogP contribution in [0, 0.1) is 0 Å². The molecule has 0 saturated heterocycles. The van der Waals surface area contributed by atoms with Gasteiger partial charge in [-0.1, -0.05) is 41.7 Å². The number of allylic oxidation sites excluding steroid dienone is 1. The molecule has 0 bridgehead atoms. The number of aromatic nitrogens is 1. The van der Waals surface area contributed by atoms with Gasteiger partial charge in [0.15, 0.2) is 4.80 Å². The quantitative estimate of drug-likeness (QED) is 0.491. The highest BCUT2D eigenvalue weighted by Gasteiger charge is 2.38. The molecule has 0 radical (unpaired) electrons. The summed E-state index contributed by atoms with van der Waals surface area (Å²) in [5.41, 5.74) is 1.88. The number of hydrogen-bond donors (Lipinski definition) is 0. The minimum absolute atomic E-state index is 0.140. The predicted molar refractivity (Wildman–Crippen MR) is 137 cm³/mol. The molecule has 3 heterocycles. The van der Waals surface area contributed by atoms with Crippen molar-refractivity contribution in [1.29, 1.82) is 0 Å². The number of para-hydroxylation sites is 1. The minimum atomic E-state index is -0.828. The molecule has 0 fully saturated rings. The highest BCUT2D eigenvalue weighted by Crippen LogP contribution is 2.36. The lowest BCUT2D eigenvalue weighted by Crippen LogP contribution is -2.41. The zero-order chi connectivity index (χ0) is 26.4. The third kappa shape index (κ3) is 3.80. The molecule has 0 saturated carbocycles. The van der Waals surface area contributed by atoms with Crippen molar-refractivity contribution >= 4 is 40.4 Å². The van der Waals surface area contributed by atoms with Gasteiger partial charge in [-0.25, -0.2) is 14.7 Å². The van der Waals surface area contributed by atoms with E-state index in [4.69, 9.17) is 9.47 Å². The van der Waals surface area contributed by atoms with Gasteiger partial charge in [0.05, 0.1) is 42.3 Å². The van der Waals surface area contributed by atoms with Crippen molar-refractivity contribution in [3.05, 3.63) is 90.6 Å². The average molecular weight is 518 g/mol. The lowest BCUT2D eigenvalue weighted by Gasteiger charge is -2.24. The molecule has 0 unspecified atom stereocenters. The van der Waals surface area contributed by atoms with Crippen LogP contribution in [0.4, 0.5) is 5.69 Å². The van der Waals surface area contributed by atoms with Crippen LogP contribution in [0.25, 0.3) is 5.57 Å². The highest BCUT2D eigenvalue weighted by molar-refractivity contribution is 7.07. The van der Waals surface area contributed by atoms with E-state index in [9.17, 15) is 19.2 Å². The van der Waals surface area contributed by atoms with Crippen molar-refractivity contribution in [1.82, 2.24) is 4.57 Å². The second-order valence-corrected chi connectivity index (χ2v) is 9.43. The Bertz CT molecular complexity index is 1680. The summed E-state index contributed by atoms with van der Waals surface area (Å²) in [7, 11) is 1.55. The molecule has 2 aliphatic heterocycles. The van der Waals surface area contributed by atoms with E-state index >= 15 is 0 Å². The highest BCUT2D eigenvalue weighted by atomic mass is 32.1. The predicted octanol–water partition coefficient (Wildman–Crippen LogP) is 2.07. The van der Waals surface area contributed by atoms with Gasteiger partial charge < -0.3 is 9.47 Å². The smallest absolute Gasteiger partial charge is 0.338 e. The van der Waals surface area contributed by atoms with Gasteiger partial charge in [0.25, 0.3) is 11.5 Å². The number of methoxy groups -OCH3 is 1. The number of esters is 1. The van der Waals surface area contributed by atoms with Crippen molar-refractivity contribution in [2.24, 2.45) is 4.99 Å². The Kier molecular flexibility index (Phi) is 6.12. The van der Waals surface area contributed by atoms with Crippen LogP contribution in [0.1, 0.15) is 37.9 Å². The second-order valence-electron chi connectivity index (χ2n) is 8.45. The van der Waals surface area contributed by atoms with Gasteiger partial charge in [0.2, 0.25) is 5.91 Å². The number of rotatable bonds is 4. The van der Waals surface area contributed by atoms with E-state index in [0.717, 1.165) is 16.2 Å². The van der Waals surface area contributed by atoms with E-state index < -0.39 is 29.4 Å². The Morgan fingerprint density at radius 1 is 1.08 bits per heavy atom. The first kappa shape index (κ1) is 24.4. The molecule has 5 rings (SSSR count). The largest absolute Gasteiger partial charge is 0.497 e. The van der Waals surface area contributed by atoms with Crippen molar-refractivity contribution in [2.75, 3.05) is 18.6 Å². The number of ether oxygens (including phenoxy) is 2. The van der Waals surface area contributed by atoms with Gasteiger partial charge in [0.1, 0.15) is 10.3 Å². The number of nitrogens with zero attached hydrogens (tertiary/aromatic N) is 3. The molecular weight excluding hydrogens is 494 g/mol. The summed E-state index contributed by atoms with van der Waals surface area (Å²) in [4.78, 5) is 58.8. The maximum atomic E-state index is 14.0. The zero-order valence-corrected chi connectivity index (χ0v) is 21.4. The molecule has 10 heteroatoms. The van der Waals surface area contributed by atoms with Crippen LogP contribution >= 0.6 is 11.3 Å². The van der Waals surface area contributed by atoms with Crippen LogP contribution in [0.3, 0.4) is 0 Å². The Labute approximate surface area is 215 Å². The first-order valence-electron chi connectivity index (χ1n) is 11.6. The molecule has 0 spiro atoms. The molecule has 37 heavy (non-hydrogen) atoms. The fourth-order valence-corrected chi connectivity index (χ4v) is 5.83. The lowest BCUT2D eigenvalue weighted by molar-refractivity contribution is -0.139. The van der Waals surface area contributed by atoms with E-state index in [1.54, 1.807) is 69.5 Å². The maximum absolute atomic E-state index is 14.0. The second kappa shape index (κ2) is 9.29. The van der Waals surface area contributed by atoms with Crippen molar-refractivity contribution in [2.45, 2.75) is 26.8 Å². The Hall–Kier alpha value is -4.31. The summed E-state index contributed by atoms with van der Waals surface area (Å²) in [6.45, 7) is 4.86. The van der Waals surface area contributed by atoms with E-state index in [0.29, 0.717) is 33.1 Å². The molecule has 3 aromatic rings. The molecule has 188 valence electrons. The van der Waals surface area contributed by atoms with Crippen molar-refractivity contribution in [3.8, 4) is 5.75 Å². The van der Waals surface area contributed by atoms with Crippen LogP contribution < -0.4 is 24.5 Å². The van der Waals surface area contributed by atoms with Crippen LogP contribution in [-0.2, 0) is 19.1 Å². The van der Waals surface area contributed by atoms with Gasteiger partial charge in [-0.15, -0.1) is 0 Å². The number of carbonyl (C=O) groups is 3. The molecule has 2 aromatic carbocycles. The first-order valence-corrected chi connectivity index (χ1v) is 12.4. The number of thiazole rings is 1. The van der Waals surface area contributed by atoms with Gasteiger partial charge in [-0.3, -0.25) is 19.0 Å². The number of fused-ring (bicyclic) bond motifs is 2. The summed E-state index contributed by atoms with van der Waals surface area (Å²) >= 11 is 1.05. The summed E-state index contributed by atoms with van der Waals surface area (Å²) in [5.74, 6) is -0.972. The van der Waals surface area contributed by atoms with Crippen molar-refractivity contribution in [3.63, 3.8) is 0 Å². The Balaban J connectivity index is 1.82. The van der Waals surface area contributed by atoms with E-state index in [1.165, 1.54) is 11.5 Å². The molecule has 2 aliphatic rings. The third-order valence-corrected chi connectivity index (χ3v) is 7.35. The van der Waals surface area contributed by atoms with Crippen LogP contribution in [0.2, 0.25) is 0 Å². The molecule has 9 nitrogen and oxygen atoms in total. The van der Waals surface area contributed by atoms with E-state index in [2.05, 4.69) is 4.99 Å². The maximum Gasteiger partial charge on any atom is 0.338 e. The molecule has 0 N–H and O–H groups in total. The Morgan fingerprint density at radius 3 is 2.43 bits per heavy atom. The summed E-state index contributed by atoms with van der Waals surface area (Å²) < 4.78 is 12.2. The van der Waals surface area contributed by atoms with E-state index in [1.807, 2.05) is 0 Å². The fraction of sp³-hybridized carbons (Fsp3) is 0.222. The number of imide groups is 1. The summed E-state index contributed by atoms with van der Waals surface area (Å²) in [6, 6.07) is 13.1. The number of benzene rings is 2. The van der Waals surface area contributed by atoms with Crippen molar-refractivity contribution < 1.29 is 23.9 Å². The molecule has 2 amide bonds. The first-order chi connectivity index (χ1) is 17.8. The van der Waals surface area contributed by atoms with Crippen LogP contribution in [0.15, 0.2) is 69.6 Å². The van der Waals surface area contributed by atoms with Gasteiger partial charge in [-0.2, -0.15) is 0 Å². The fourth-order valence-electron chi connectivity index (χ4n) is 4.69. The molecule has 1 aromatic heterocycles. The standard InChI is InChI=1S/C27H23N3O6S/c1-5-36-26(34)20-14(2)28-27-30(22(20)16-10-12-17(35-4)13-11-16)25(33)23(37-27)21-18-8-6-7-9-19(18)29(15(3)31)24(21)32/h6-13,22H,5H2,1-4H3/b23-21-/t22-/m1/s1. The summed E-state index contributed by atoms with van der Waals surface area (Å²) in [5, 5.41) is 0. The normalized spacial score (nSPS) is 17.8. The molecular formula is C27H23N3O6S. The molecule has 0 aliphatic carbocycles. The van der Waals surface area contributed by atoms with Gasteiger partial charge >= 0.3 is 5.97 Å². The number of anilines is 1. The number of hydrogen-bond acceptors (Lipinski definition) is 8. The minimum Gasteiger partial charge on any atom is -0.497 e. The summed E-state index contributed by atoms with van der Waals surface area (Å²) in [6.07, 6.45) is 0. The van der Waals surface area contributed by atoms with Gasteiger partial charge in [-0.05, 0) is 37.6 Å². The lowest BCUT2D eigenvalue weighted by atomic mass is 9.96. The zero-order valence-electron chi connectivity index (χ0n) is 20.6. The van der Waals surface area contributed by atoms with Gasteiger partial charge in [0, 0.05) is 12.5 Å². The SMILES string of the molecule is CCOC(=O)C1=C(C)N=c2s/c(=C3\C(=O)N(C(C)=O)c4ccccc43)c(=O)n2[C@@H]1c1ccc(OC)cc1. The topological polar surface area (TPSA) is 107 Å². The number of amides is 2. The molecule has 1 atom stereocenters.